The fourth-order valence-electron chi connectivity index (χ4n) is 4.96. The van der Waals surface area contributed by atoms with Crippen LogP contribution in [0.3, 0.4) is 0 Å². The van der Waals surface area contributed by atoms with E-state index in [-0.39, 0.29) is 29.9 Å². The van der Waals surface area contributed by atoms with Crippen molar-refractivity contribution in [3.05, 3.63) is 42.0 Å². The number of fused-ring (bicyclic) bond motifs is 3. The minimum Gasteiger partial charge on any atom is -0.491 e. The third-order valence-electron chi connectivity index (χ3n) is 6.23. The first kappa shape index (κ1) is 19.7. The first-order chi connectivity index (χ1) is 15.0. The Kier molecular flexibility index (Phi) is 4.92. The molecule has 0 radical (unpaired) electrons. The van der Waals surface area contributed by atoms with E-state index in [4.69, 9.17) is 15.5 Å². The number of hydrogen-bond donors (Lipinski definition) is 4. The Morgan fingerprint density at radius 1 is 1.26 bits per heavy atom. The fraction of sp³-hybridized carbons (Fsp3) is 0.435. The summed E-state index contributed by atoms with van der Waals surface area (Å²) in [7, 11) is 0. The van der Waals surface area contributed by atoms with E-state index in [0.29, 0.717) is 11.9 Å². The molecule has 8 nitrogen and oxygen atoms in total. The molecule has 1 saturated carbocycles. The van der Waals surface area contributed by atoms with Crippen molar-refractivity contribution < 1.29 is 9.53 Å². The van der Waals surface area contributed by atoms with E-state index in [9.17, 15) is 4.79 Å². The van der Waals surface area contributed by atoms with Crippen LogP contribution in [0, 0.1) is 17.8 Å². The van der Waals surface area contributed by atoms with Crippen LogP contribution in [0.2, 0.25) is 0 Å². The molecule has 0 spiro atoms. The molecule has 1 aliphatic heterocycles. The van der Waals surface area contributed by atoms with Crippen molar-refractivity contribution in [3.8, 4) is 5.75 Å². The van der Waals surface area contributed by atoms with Crippen LogP contribution in [-0.4, -0.2) is 34.6 Å². The zero-order valence-electron chi connectivity index (χ0n) is 17.8. The molecule has 1 fully saturated rings. The highest BCUT2D eigenvalue weighted by Gasteiger charge is 2.47. The number of hydrogen-bond acceptors (Lipinski definition) is 7. The monoisotopic (exact) mass is 420 g/mol. The summed E-state index contributed by atoms with van der Waals surface area (Å²) in [5.74, 6) is 2.92. The van der Waals surface area contributed by atoms with E-state index in [1.807, 2.05) is 38.1 Å². The number of carbonyl (C=O) groups excluding carboxylic acids is 1. The second-order valence-corrected chi connectivity index (χ2v) is 8.77. The van der Waals surface area contributed by atoms with Crippen molar-refractivity contribution in [3.63, 3.8) is 0 Å². The summed E-state index contributed by atoms with van der Waals surface area (Å²) in [6.45, 7) is 4.81. The van der Waals surface area contributed by atoms with Crippen molar-refractivity contribution in [2.45, 2.75) is 38.8 Å². The Labute approximate surface area is 181 Å². The molecular weight excluding hydrogens is 392 g/mol. The second kappa shape index (κ2) is 7.76. The van der Waals surface area contributed by atoms with Crippen LogP contribution in [-0.2, 0) is 11.2 Å². The largest absolute Gasteiger partial charge is 0.491 e. The van der Waals surface area contributed by atoms with Gasteiger partial charge >= 0.3 is 0 Å². The average molecular weight is 421 g/mol. The summed E-state index contributed by atoms with van der Waals surface area (Å²) in [6, 6.07) is 7.71. The van der Waals surface area contributed by atoms with Gasteiger partial charge in [0.25, 0.3) is 0 Å². The highest BCUT2D eigenvalue weighted by molar-refractivity contribution is 5.80. The average Bonchev–Trinajstić information content (AvgIpc) is 3.43. The maximum Gasteiger partial charge on any atom is 0.231 e. The predicted molar refractivity (Wildman–Crippen MR) is 121 cm³/mol. The molecule has 2 aliphatic carbocycles. The number of allylic oxidation sites excluding steroid dienone is 1. The van der Waals surface area contributed by atoms with E-state index in [2.05, 4.69) is 33.1 Å². The first-order valence-corrected chi connectivity index (χ1v) is 10.9. The van der Waals surface area contributed by atoms with Crippen molar-refractivity contribution in [1.82, 2.24) is 9.97 Å². The number of aromatic nitrogens is 2. The molecule has 3 aliphatic rings. The van der Waals surface area contributed by atoms with E-state index < -0.39 is 0 Å². The van der Waals surface area contributed by atoms with Gasteiger partial charge in [0, 0.05) is 29.9 Å². The normalized spacial score (nSPS) is 25.4. The van der Waals surface area contributed by atoms with Crippen LogP contribution in [0.5, 0.6) is 5.75 Å². The molecule has 2 heterocycles. The smallest absolute Gasteiger partial charge is 0.231 e. The lowest BCUT2D eigenvalue weighted by Crippen LogP contribution is -2.41. The quantitative estimate of drug-likeness (QED) is 0.509. The van der Waals surface area contributed by atoms with Gasteiger partial charge in [-0.2, -0.15) is 9.97 Å². The minimum atomic E-state index is -0.251. The van der Waals surface area contributed by atoms with E-state index >= 15 is 0 Å². The molecule has 1 amide bonds. The van der Waals surface area contributed by atoms with Crippen LogP contribution in [0.25, 0.3) is 0 Å². The van der Waals surface area contributed by atoms with Crippen molar-refractivity contribution >= 4 is 29.2 Å². The second-order valence-electron chi connectivity index (χ2n) is 8.77. The minimum absolute atomic E-state index is 0.0391. The van der Waals surface area contributed by atoms with Gasteiger partial charge in [0.1, 0.15) is 17.4 Å². The highest BCUT2D eigenvalue weighted by Crippen LogP contribution is 2.45. The Hall–Kier alpha value is -3.29. The Balaban J connectivity index is 1.42. The van der Waals surface area contributed by atoms with Crippen LogP contribution in [0.15, 0.2) is 36.4 Å². The molecule has 5 N–H and O–H groups in total. The lowest BCUT2D eigenvalue weighted by atomic mass is 9.88. The molecule has 8 heteroatoms. The van der Waals surface area contributed by atoms with E-state index in [0.717, 1.165) is 48.0 Å². The van der Waals surface area contributed by atoms with Crippen LogP contribution >= 0.6 is 0 Å². The number of rotatable bonds is 7. The number of nitrogens with two attached hydrogens (primary N) is 1. The van der Waals surface area contributed by atoms with Crippen molar-refractivity contribution in [2.24, 2.45) is 23.5 Å². The number of nitrogens with one attached hydrogen (secondary N) is 3. The summed E-state index contributed by atoms with van der Waals surface area (Å²) in [4.78, 5) is 21.6. The molecule has 31 heavy (non-hydrogen) atoms. The SMILES string of the molecule is CC(C)Oc1cccc(Nc2nc3c(c(NC4C5C=CC(C5)C4C(N)=O)n2)CCN3)c1. The summed E-state index contributed by atoms with van der Waals surface area (Å²) in [5.41, 5.74) is 7.64. The number of nitrogens with zero attached hydrogens (tertiary/aromatic N) is 2. The van der Waals surface area contributed by atoms with Gasteiger partial charge < -0.3 is 26.4 Å². The zero-order valence-corrected chi connectivity index (χ0v) is 17.8. The number of anilines is 4. The predicted octanol–water partition coefficient (Wildman–Crippen LogP) is 3.06. The lowest BCUT2D eigenvalue weighted by Gasteiger charge is -2.28. The maximum absolute atomic E-state index is 12.1. The zero-order chi connectivity index (χ0) is 21.5. The van der Waals surface area contributed by atoms with Crippen molar-refractivity contribution in [1.29, 1.82) is 0 Å². The van der Waals surface area contributed by atoms with Gasteiger partial charge in [-0.3, -0.25) is 4.79 Å². The Morgan fingerprint density at radius 3 is 2.90 bits per heavy atom. The van der Waals surface area contributed by atoms with E-state index in [1.165, 1.54) is 0 Å². The van der Waals surface area contributed by atoms with Gasteiger partial charge in [0.2, 0.25) is 11.9 Å². The maximum atomic E-state index is 12.1. The summed E-state index contributed by atoms with van der Waals surface area (Å²) >= 11 is 0. The molecular formula is C23H28N6O2. The van der Waals surface area contributed by atoms with Gasteiger partial charge in [-0.1, -0.05) is 18.2 Å². The van der Waals surface area contributed by atoms with Crippen molar-refractivity contribution in [2.75, 3.05) is 22.5 Å². The summed E-state index contributed by atoms with van der Waals surface area (Å²) in [5, 5.41) is 10.2. The molecule has 4 atom stereocenters. The molecule has 0 saturated heterocycles. The number of carbonyl (C=O) groups is 1. The standard InChI is InChI=1S/C23H28N6O2/c1-12(2)31-16-5-3-4-15(11-16)26-23-28-21-17(8-9-25-21)22(29-23)27-19-14-7-6-13(10-14)18(19)20(24)30/h3-7,11-14,18-19H,8-10H2,1-2H3,(H2,24,30)(H3,25,26,27,28,29). The molecule has 5 rings (SSSR count). The number of primary amides is 1. The molecule has 162 valence electrons. The van der Waals surface area contributed by atoms with Crippen LogP contribution in [0.1, 0.15) is 25.8 Å². The molecule has 1 aromatic carbocycles. The number of ether oxygens (including phenoxy) is 1. The third kappa shape index (κ3) is 3.78. The molecule has 2 bridgehead atoms. The molecule has 4 unspecified atom stereocenters. The fourth-order valence-corrected chi connectivity index (χ4v) is 4.96. The molecule has 1 aromatic heterocycles. The van der Waals surface area contributed by atoms with Gasteiger partial charge in [-0.05, 0) is 50.7 Å². The summed E-state index contributed by atoms with van der Waals surface area (Å²) < 4.78 is 5.79. The van der Waals surface area contributed by atoms with Gasteiger partial charge in [-0.25, -0.2) is 0 Å². The van der Waals surface area contributed by atoms with Crippen LogP contribution in [0.4, 0.5) is 23.3 Å². The third-order valence-corrected chi connectivity index (χ3v) is 6.23. The Morgan fingerprint density at radius 2 is 2.10 bits per heavy atom. The number of benzene rings is 1. The van der Waals surface area contributed by atoms with Gasteiger partial charge in [-0.15, -0.1) is 0 Å². The van der Waals surface area contributed by atoms with Gasteiger partial charge in [0.15, 0.2) is 0 Å². The first-order valence-electron chi connectivity index (χ1n) is 10.9. The number of amides is 1. The summed E-state index contributed by atoms with van der Waals surface area (Å²) in [6.07, 6.45) is 6.23. The highest BCUT2D eigenvalue weighted by atomic mass is 16.5. The molecule has 2 aromatic rings. The van der Waals surface area contributed by atoms with E-state index in [1.54, 1.807) is 0 Å². The van der Waals surface area contributed by atoms with Crippen LogP contribution < -0.4 is 26.4 Å². The van der Waals surface area contributed by atoms with Gasteiger partial charge in [0.05, 0.1) is 12.0 Å². The lowest BCUT2D eigenvalue weighted by molar-refractivity contribution is -0.122. The Bertz CT molecular complexity index is 1040. The topological polar surface area (TPSA) is 114 Å².